The van der Waals surface area contributed by atoms with Gasteiger partial charge in [-0.15, -0.1) is 9.42 Å². The molecule has 16 heavy (non-hydrogen) atoms. The normalized spacial score (nSPS) is 10.7. The van der Waals surface area contributed by atoms with Gasteiger partial charge in [0.25, 0.3) is 0 Å². The van der Waals surface area contributed by atoms with E-state index in [9.17, 15) is 4.57 Å². The van der Waals surface area contributed by atoms with Crippen LogP contribution in [0.15, 0.2) is 30.3 Å². The van der Waals surface area contributed by atoms with E-state index >= 15 is 0 Å². The minimum atomic E-state index is -2.42. The van der Waals surface area contributed by atoms with Gasteiger partial charge in [0.1, 0.15) is 6.61 Å². The summed E-state index contributed by atoms with van der Waals surface area (Å²) in [5.41, 5.74) is 1.34. The van der Waals surface area contributed by atoms with Crippen LogP contribution in [-0.2, 0) is 35.0 Å². The van der Waals surface area contributed by atoms with E-state index in [1.807, 2.05) is 18.2 Å². The molecule has 0 fully saturated rings. The molecule has 1 atom stereocenters. The predicted octanol–water partition coefficient (Wildman–Crippen LogP) is 3.06. The average Bonchev–Trinajstić information content (AvgIpc) is 2.24. The van der Waals surface area contributed by atoms with Gasteiger partial charge in [-0.05, 0) is 24.8 Å². The molecule has 1 rings (SSSR count). The average molecular weight is 293 g/mol. The fourth-order valence-corrected chi connectivity index (χ4v) is 1.68. The molecule has 0 aromatic heterocycles. The Bertz CT molecular complexity index is 293. The molecule has 0 aliphatic heterocycles. The Hall–Kier alpha value is -0.137. The molecule has 0 radical (unpaired) electrons. The third-order valence-corrected chi connectivity index (χ3v) is 2.56. The van der Waals surface area contributed by atoms with Gasteiger partial charge in [-0.3, -0.25) is 0 Å². The third-order valence-electron chi connectivity index (χ3n) is 2.15. The maximum atomic E-state index is 10.2. The first kappa shape index (κ1) is 15.9. The fourth-order valence-electron chi connectivity index (χ4n) is 1.40. The van der Waals surface area contributed by atoms with E-state index in [0.717, 1.165) is 25.7 Å². The van der Waals surface area contributed by atoms with E-state index in [-0.39, 0.29) is 19.5 Å². The van der Waals surface area contributed by atoms with E-state index < -0.39 is 8.25 Å². The summed E-state index contributed by atoms with van der Waals surface area (Å²) in [4.78, 5) is 8.37. The number of hydrogen-bond donors (Lipinski definition) is 1. The standard InChI is InChI=1S/C11H15O3P.Zn/c12-15(13)14-10-6-2-5-9-11-7-3-1-4-8-11;/h1,3-4,7-8H,2,5-6,9-10H2;/p+1. The van der Waals surface area contributed by atoms with Gasteiger partial charge in [0.15, 0.2) is 0 Å². The zero-order valence-corrected chi connectivity index (χ0v) is 13.2. The topological polar surface area (TPSA) is 46.5 Å². The molecule has 1 aromatic rings. The SMILES string of the molecule is O=[P+](O)OCCCCCc1ccccc1.[Zn]. The van der Waals surface area contributed by atoms with Crippen LogP contribution in [0.25, 0.3) is 0 Å². The number of unbranched alkanes of at least 4 members (excludes halogenated alkanes) is 2. The molecule has 1 N–H and O–H groups in total. The molecule has 0 heterocycles. The van der Waals surface area contributed by atoms with Crippen molar-refractivity contribution in [1.82, 2.24) is 0 Å². The summed E-state index contributed by atoms with van der Waals surface area (Å²) >= 11 is 0. The van der Waals surface area contributed by atoms with Crippen LogP contribution in [0.2, 0.25) is 0 Å². The van der Waals surface area contributed by atoms with Crippen LogP contribution in [0.4, 0.5) is 0 Å². The summed E-state index contributed by atoms with van der Waals surface area (Å²) in [5.74, 6) is 0. The van der Waals surface area contributed by atoms with Crippen molar-refractivity contribution < 1.29 is 33.5 Å². The van der Waals surface area contributed by atoms with Crippen molar-refractivity contribution in [3.05, 3.63) is 35.9 Å². The molecule has 3 nitrogen and oxygen atoms in total. The minimum absolute atomic E-state index is 0. The number of hydrogen-bond acceptors (Lipinski definition) is 2. The Morgan fingerprint density at radius 3 is 2.44 bits per heavy atom. The second kappa shape index (κ2) is 10.0. The van der Waals surface area contributed by atoms with E-state index in [0.29, 0.717) is 6.61 Å². The molecular formula is C11H16O3PZn+. The molecule has 1 aromatic carbocycles. The summed E-state index contributed by atoms with van der Waals surface area (Å²) in [6.07, 6.45) is 4.02. The van der Waals surface area contributed by atoms with Crippen LogP contribution in [0.1, 0.15) is 24.8 Å². The molecule has 0 bridgehead atoms. The second-order valence-electron chi connectivity index (χ2n) is 3.37. The minimum Gasteiger partial charge on any atom is -0.133 e. The zero-order valence-electron chi connectivity index (χ0n) is 9.34. The fraction of sp³-hybridized carbons (Fsp3) is 0.455. The smallest absolute Gasteiger partial charge is 0.133 e. The van der Waals surface area contributed by atoms with Crippen molar-refractivity contribution in [3.8, 4) is 0 Å². The van der Waals surface area contributed by atoms with Gasteiger partial charge in [0.05, 0.1) is 0 Å². The third kappa shape index (κ3) is 8.07. The quantitative estimate of drug-likeness (QED) is 0.477. The molecule has 5 heteroatoms. The Kier molecular flexibility index (Phi) is 9.96. The van der Waals surface area contributed by atoms with Crippen LogP contribution < -0.4 is 0 Å². The van der Waals surface area contributed by atoms with E-state index in [1.165, 1.54) is 5.56 Å². The van der Waals surface area contributed by atoms with Gasteiger partial charge < -0.3 is 0 Å². The molecule has 0 saturated carbocycles. The van der Waals surface area contributed by atoms with Crippen molar-refractivity contribution in [1.29, 1.82) is 0 Å². The van der Waals surface area contributed by atoms with Crippen molar-refractivity contribution in [2.45, 2.75) is 25.7 Å². The number of aryl methyl sites for hydroxylation is 1. The first-order chi connectivity index (χ1) is 7.29. The van der Waals surface area contributed by atoms with Gasteiger partial charge in [-0.2, -0.15) is 0 Å². The molecule has 0 aliphatic rings. The first-order valence-electron chi connectivity index (χ1n) is 5.12. The van der Waals surface area contributed by atoms with E-state index in [4.69, 9.17) is 4.89 Å². The van der Waals surface area contributed by atoms with Crippen LogP contribution in [0, 0.1) is 0 Å². The summed E-state index contributed by atoms with van der Waals surface area (Å²) in [6, 6.07) is 10.3. The Morgan fingerprint density at radius 2 is 1.81 bits per heavy atom. The zero-order chi connectivity index (χ0) is 10.9. The second-order valence-corrected chi connectivity index (χ2v) is 4.10. The summed E-state index contributed by atoms with van der Waals surface area (Å²) in [7, 11) is -2.42. The van der Waals surface area contributed by atoms with E-state index in [1.54, 1.807) is 0 Å². The molecule has 1 unspecified atom stereocenters. The molecule has 84 valence electrons. The van der Waals surface area contributed by atoms with Crippen LogP contribution >= 0.6 is 8.25 Å². The molecule has 0 amide bonds. The van der Waals surface area contributed by atoms with Crippen molar-refractivity contribution in [2.75, 3.05) is 6.61 Å². The monoisotopic (exact) mass is 291 g/mol. The van der Waals surface area contributed by atoms with Gasteiger partial charge in [-0.1, -0.05) is 36.8 Å². The Balaban J connectivity index is 0.00000225. The maximum absolute atomic E-state index is 10.2. The van der Waals surface area contributed by atoms with E-state index in [2.05, 4.69) is 16.7 Å². The van der Waals surface area contributed by atoms with Crippen molar-refractivity contribution >= 4 is 8.25 Å². The Labute approximate surface area is 110 Å². The van der Waals surface area contributed by atoms with Crippen LogP contribution in [0.5, 0.6) is 0 Å². The molecule has 0 spiro atoms. The first-order valence-corrected chi connectivity index (χ1v) is 6.25. The molecular weight excluding hydrogens is 276 g/mol. The van der Waals surface area contributed by atoms with Crippen molar-refractivity contribution in [2.24, 2.45) is 0 Å². The van der Waals surface area contributed by atoms with Gasteiger partial charge in [0, 0.05) is 24.0 Å². The predicted molar refractivity (Wildman–Crippen MR) is 59.8 cm³/mol. The number of benzene rings is 1. The van der Waals surface area contributed by atoms with Gasteiger partial charge in [-0.25, -0.2) is 0 Å². The largest absolute Gasteiger partial charge is 0.694 e. The summed E-state index contributed by atoms with van der Waals surface area (Å²) in [5, 5.41) is 0. The van der Waals surface area contributed by atoms with Gasteiger partial charge in [0.2, 0.25) is 0 Å². The maximum Gasteiger partial charge on any atom is 0.694 e. The van der Waals surface area contributed by atoms with Crippen molar-refractivity contribution in [3.63, 3.8) is 0 Å². The van der Waals surface area contributed by atoms with Crippen LogP contribution in [0.3, 0.4) is 0 Å². The van der Waals surface area contributed by atoms with Crippen LogP contribution in [-0.4, -0.2) is 11.5 Å². The molecule has 0 aliphatic carbocycles. The Morgan fingerprint density at radius 1 is 1.12 bits per heavy atom. The van der Waals surface area contributed by atoms with Gasteiger partial charge >= 0.3 is 8.25 Å². The number of rotatable bonds is 7. The molecule has 0 saturated heterocycles. The summed E-state index contributed by atoms with van der Waals surface area (Å²) < 4.78 is 14.7. The summed E-state index contributed by atoms with van der Waals surface area (Å²) in [6.45, 7) is 0.375.